The van der Waals surface area contributed by atoms with Crippen molar-refractivity contribution in [1.29, 1.82) is 0 Å². The molecule has 0 aliphatic heterocycles. The van der Waals surface area contributed by atoms with Crippen LogP contribution in [0.3, 0.4) is 0 Å². The van der Waals surface area contributed by atoms with Crippen LogP contribution in [0.1, 0.15) is 11.8 Å². The lowest BCUT2D eigenvalue weighted by atomic mass is 10.2. The molecule has 0 aliphatic carbocycles. The Morgan fingerprint density at radius 3 is 2.76 bits per heavy atom. The number of halogens is 1. The first-order valence-electron chi connectivity index (χ1n) is 5.33. The summed E-state index contributed by atoms with van der Waals surface area (Å²) >= 11 is 3.40. The van der Waals surface area contributed by atoms with Crippen LogP contribution in [-0.2, 0) is 0 Å². The van der Waals surface area contributed by atoms with Crippen molar-refractivity contribution in [1.82, 2.24) is 4.98 Å². The van der Waals surface area contributed by atoms with Crippen LogP contribution in [-0.4, -0.2) is 11.5 Å². The topological polar surface area (TPSA) is 48.1 Å². The van der Waals surface area contributed by atoms with Crippen LogP contribution in [0.5, 0.6) is 5.75 Å². The van der Waals surface area contributed by atoms with E-state index >= 15 is 0 Å². The molecule has 2 N–H and O–H groups in total. The van der Waals surface area contributed by atoms with Crippen LogP contribution < -0.4 is 10.5 Å². The molecule has 1 unspecified atom stereocenters. The van der Waals surface area contributed by atoms with Gasteiger partial charge in [0.05, 0.1) is 5.69 Å². The Balaban J connectivity index is 2.16. The van der Waals surface area contributed by atoms with Gasteiger partial charge in [0.25, 0.3) is 0 Å². The molecule has 1 aromatic heterocycles. The monoisotopic (exact) mass is 292 g/mol. The molecule has 3 nitrogen and oxygen atoms in total. The first kappa shape index (κ1) is 12.1. The standard InChI is InChI=1S/C13H13BrN2O/c14-10-4-3-5-11(8-10)17-13(9-15)12-6-1-2-7-16-12/h1-8,13H,9,15H2. The van der Waals surface area contributed by atoms with Crippen LogP contribution >= 0.6 is 15.9 Å². The molecule has 0 saturated carbocycles. The zero-order valence-electron chi connectivity index (χ0n) is 9.21. The quantitative estimate of drug-likeness (QED) is 0.943. The molecular weight excluding hydrogens is 280 g/mol. The highest BCUT2D eigenvalue weighted by Crippen LogP contribution is 2.23. The van der Waals surface area contributed by atoms with E-state index in [1.165, 1.54) is 0 Å². The third kappa shape index (κ3) is 3.28. The van der Waals surface area contributed by atoms with Crippen LogP contribution in [0.4, 0.5) is 0 Å². The van der Waals surface area contributed by atoms with Crippen molar-refractivity contribution in [3.63, 3.8) is 0 Å². The highest BCUT2D eigenvalue weighted by molar-refractivity contribution is 9.10. The van der Waals surface area contributed by atoms with Crippen molar-refractivity contribution in [3.8, 4) is 5.75 Å². The van der Waals surface area contributed by atoms with Crippen molar-refractivity contribution >= 4 is 15.9 Å². The number of hydrogen-bond acceptors (Lipinski definition) is 3. The van der Waals surface area contributed by atoms with E-state index < -0.39 is 0 Å². The van der Waals surface area contributed by atoms with Crippen molar-refractivity contribution in [2.24, 2.45) is 5.73 Å². The van der Waals surface area contributed by atoms with E-state index in [9.17, 15) is 0 Å². The molecule has 88 valence electrons. The second-order valence-electron chi connectivity index (χ2n) is 3.55. The first-order valence-corrected chi connectivity index (χ1v) is 6.12. The van der Waals surface area contributed by atoms with E-state index in [1.807, 2.05) is 42.5 Å². The van der Waals surface area contributed by atoms with E-state index in [0.29, 0.717) is 6.54 Å². The Kier molecular flexibility index (Phi) is 4.12. The van der Waals surface area contributed by atoms with Gasteiger partial charge in [-0.3, -0.25) is 4.98 Å². The molecule has 0 bridgehead atoms. The Morgan fingerprint density at radius 1 is 1.24 bits per heavy atom. The van der Waals surface area contributed by atoms with Gasteiger partial charge >= 0.3 is 0 Å². The maximum atomic E-state index is 5.81. The number of aromatic nitrogens is 1. The van der Waals surface area contributed by atoms with Gasteiger partial charge in [-0.1, -0.05) is 28.1 Å². The molecular formula is C13H13BrN2O. The fourth-order valence-electron chi connectivity index (χ4n) is 1.50. The second-order valence-corrected chi connectivity index (χ2v) is 4.47. The minimum atomic E-state index is -0.217. The summed E-state index contributed by atoms with van der Waals surface area (Å²) in [4.78, 5) is 4.25. The van der Waals surface area contributed by atoms with Crippen molar-refractivity contribution in [2.45, 2.75) is 6.10 Å². The summed E-state index contributed by atoms with van der Waals surface area (Å²) in [6.07, 6.45) is 1.52. The molecule has 4 heteroatoms. The van der Waals surface area contributed by atoms with Crippen LogP contribution in [0.15, 0.2) is 53.1 Å². The van der Waals surface area contributed by atoms with E-state index in [-0.39, 0.29) is 6.10 Å². The van der Waals surface area contributed by atoms with E-state index in [2.05, 4.69) is 20.9 Å². The fourth-order valence-corrected chi connectivity index (χ4v) is 1.88. The summed E-state index contributed by atoms with van der Waals surface area (Å²) in [6, 6.07) is 13.4. The third-order valence-corrected chi connectivity index (χ3v) is 2.80. The van der Waals surface area contributed by atoms with Gasteiger partial charge in [0, 0.05) is 17.2 Å². The molecule has 0 saturated heterocycles. The summed E-state index contributed by atoms with van der Waals surface area (Å²) in [7, 11) is 0. The lowest BCUT2D eigenvalue weighted by Crippen LogP contribution is -2.19. The van der Waals surface area contributed by atoms with Gasteiger partial charge in [-0.2, -0.15) is 0 Å². The highest BCUT2D eigenvalue weighted by Gasteiger charge is 2.12. The number of ether oxygens (including phenoxy) is 1. The summed E-state index contributed by atoms with van der Waals surface area (Å²) in [5.41, 5.74) is 6.56. The molecule has 0 amide bonds. The Hall–Kier alpha value is -1.39. The average Bonchev–Trinajstić information content (AvgIpc) is 2.37. The fraction of sp³-hybridized carbons (Fsp3) is 0.154. The summed E-state index contributed by atoms with van der Waals surface area (Å²) < 4.78 is 6.79. The van der Waals surface area contributed by atoms with Gasteiger partial charge in [-0.05, 0) is 30.3 Å². The smallest absolute Gasteiger partial charge is 0.153 e. The van der Waals surface area contributed by atoms with Gasteiger partial charge in [0.15, 0.2) is 6.10 Å². The van der Waals surface area contributed by atoms with Crippen molar-refractivity contribution in [3.05, 3.63) is 58.8 Å². The van der Waals surface area contributed by atoms with E-state index in [4.69, 9.17) is 10.5 Å². The van der Waals surface area contributed by atoms with E-state index in [1.54, 1.807) is 6.20 Å². The van der Waals surface area contributed by atoms with Crippen LogP contribution in [0.2, 0.25) is 0 Å². The molecule has 1 heterocycles. The average molecular weight is 293 g/mol. The second kappa shape index (κ2) is 5.80. The van der Waals surface area contributed by atoms with Crippen molar-refractivity contribution in [2.75, 3.05) is 6.54 Å². The Bertz CT molecular complexity index is 476. The molecule has 2 rings (SSSR count). The summed E-state index contributed by atoms with van der Waals surface area (Å²) in [5, 5.41) is 0. The zero-order chi connectivity index (χ0) is 12.1. The van der Waals surface area contributed by atoms with Crippen LogP contribution in [0, 0.1) is 0 Å². The molecule has 17 heavy (non-hydrogen) atoms. The number of benzene rings is 1. The molecule has 0 radical (unpaired) electrons. The molecule has 1 aromatic carbocycles. The van der Waals surface area contributed by atoms with Gasteiger partial charge in [0.1, 0.15) is 5.75 Å². The van der Waals surface area contributed by atoms with Crippen LogP contribution in [0.25, 0.3) is 0 Å². The van der Waals surface area contributed by atoms with E-state index in [0.717, 1.165) is 15.9 Å². The predicted octanol–water partition coefficient (Wildman–Crippen LogP) is 2.92. The van der Waals surface area contributed by atoms with Gasteiger partial charge in [0.2, 0.25) is 0 Å². The normalized spacial score (nSPS) is 12.1. The van der Waals surface area contributed by atoms with Gasteiger partial charge in [-0.15, -0.1) is 0 Å². The van der Waals surface area contributed by atoms with Gasteiger partial charge < -0.3 is 10.5 Å². The first-order chi connectivity index (χ1) is 8.29. The molecule has 0 aliphatic rings. The Labute approximate surface area is 109 Å². The number of hydrogen-bond donors (Lipinski definition) is 1. The number of pyridine rings is 1. The maximum absolute atomic E-state index is 5.81. The number of nitrogens with zero attached hydrogens (tertiary/aromatic N) is 1. The van der Waals surface area contributed by atoms with Crippen molar-refractivity contribution < 1.29 is 4.74 Å². The predicted molar refractivity (Wildman–Crippen MR) is 70.8 cm³/mol. The number of rotatable bonds is 4. The molecule has 1 atom stereocenters. The summed E-state index contributed by atoms with van der Waals surface area (Å²) in [6.45, 7) is 0.392. The highest BCUT2D eigenvalue weighted by atomic mass is 79.9. The molecule has 0 spiro atoms. The molecule has 2 aromatic rings. The minimum absolute atomic E-state index is 0.217. The summed E-state index contributed by atoms with van der Waals surface area (Å²) in [5.74, 6) is 0.778. The number of nitrogens with two attached hydrogens (primary N) is 1. The lowest BCUT2D eigenvalue weighted by molar-refractivity contribution is 0.209. The lowest BCUT2D eigenvalue weighted by Gasteiger charge is -2.16. The SMILES string of the molecule is NCC(Oc1cccc(Br)c1)c1ccccn1. The minimum Gasteiger partial charge on any atom is -0.483 e. The zero-order valence-corrected chi connectivity index (χ0v) is 10.8. The molecule has 0 fully saturated rings. The third-order valence-electron chi connectivity index (χ3n) is 2.31. The largest absolute Gasteiger partial charge is 0.483 e. The Morgan fingerprint density at radius 2 is 2.12 bits per heavy atom. The maximum Gasteiger partial charge on any atom is 0.153 e. The van der Waals surface area contributed by atoms with Gasteiger partial charge in [-0.25, -0.2) is 0 Å².